The second kappa shape index (κ2) is 5.26. The lowest BCUT2D eigenvalue weighted by atomic mass is 10.2. The molecule has 0 saturated heterocycles. The molecule has 2 aromatic heterocycles. The van der Waals surface area contributed by atoms with E-state index in [4.69, 9.17) is 5.11 Å². The molecule has 6 nitrogen and oxygen atoms in total. The molecule has 6 heteroatoms. The number of carboxylic acid groups (broad SMARTS) is 1. The molecule has 19 heavy (non-hydrogen) atoms. The Morgan fingerprint density at radius 2 is 2.26 bits per heavy atom. The number of aryl methyl sites for hydroxylation is 1. The largest absolute Gasteiger partial charge is 0.481 e. The topological polar surface area (TPSA) is 70.7 Å². The number of hydrogen-bond acceptors (Lipinski definition) is 4. The monoisotopic (exact) mass is 262 g/mol. The number of carbonyl (C=O) groups is 1. The van der Waals surface area contributed by atoms with Crippen molar-refractivity contribution in [2.45, 2.75) is 33.2 Å². The van der Waals surface area contributed by atoms with Gasteiger partial charge in [-0.15, -0.1) is 0 Å². The first-order chi connectivity index (χ1) is 8.99. The number of rotatable bonds is 5. The highest BCUT2D eigenvalue weighted by molar-refractivity contribution is 5.71. The molecule has 0 spiro atoms. The highest BCUT2D eigenvalue weighted by Crippen LogP contribution is 2.21. The van der Waals surface area contributed by atoms with Crippen molar-refractivity contribution in [3.8, 4) is 0 Å². The molecule has 0 aliphatic carbocycles. The normalized spacial score (nSPS) is 11.2. The molecule has 102 valence electrons. The summed E-state index contributed by atoms with van der Waals surface area (Å²) in [6, 6.07) is 2.13. The molecule has 2 heterocycles. The summed E-state index contributed by atoms with van der Waals surface area (Å²) in [5.74, 6) is -0.0263. The minimum atomic E-state index is -0.803. The third kappa shape index (κ3) is 2.83. The van der Waals surface area contributed by atoms with Crippen molar-refractivity contribution >= 4 is 17.3 Å². The maximum absolute atomic E-state index is 10.8. The van der Waals surface area contributed by atoms with E-state index in [0.29, 0.717) is 6.54 Å². The van der Waals surface area contributed by atoms with Crippen LogP contribution in [0.2, 0.25) is 0 Å². The molecule has 1 N–H and O–H groups in total. The Labute approximate surface area is 111 Å². The lowest BCUT2D eigenvalue weighted by Gasteiger charge is -2.27. The standard InChI is InChI=1S/C13H18N4O2/c1-9(2)16(6-4-12(18)19)13-11-8-10(3)15-17(11)7-5-14-13/h5,7-9H,4,6H2,1-3H3,(H,18,19). The van der Waals surface area contributed by atoms with Crippen LogP contribution in [0, 0.1) is 6.92 Å². The average molecular weight is 262 g/mol. The van der Waals surface area contributed by atoms with E-state index in [1.54, 1.807) is 16.9 Å². The van der Waals surface area contributed by atoms with Crippen LogP contribution in [0.3, 0.4) is 0 Å². The molecular weight excluding hydrogens is 244 g/mol. The van der Waals surface area contributed by atoms with E-state index < -0.39 is 5.97 Å². The zero-order valence-corrected chi connectivity index (χ0v) is 11.4. The van der Waals surface area contributed by atoms with Gasteiger partial charge in [0.1, 0.15) is 5.52 Å². The first-order valence-electron chi connectivity index (χ1n) is 6.28. The summed E-state index contributed by atoms with van der Waals surface area (Å²) in [5.41, 5.74) is 1.82. The number of nitrogens with zero attached hydrogens (tertiary/aromatic N) is 4. The number of carboxylic acids is 1. The number of anilines is 1. The van der Waals surface area contributed by atoms with E-state index in [-0.39, 0.29) is 12.5 Å². The molecule has 0 saturated carbocycles. The number of aromatic nitrogens is 3. The van der Waals surface area contributed by atoms with Gasteiger partial charge in [0.05, 0.1) is 12.1 Å². The third-order valence-electron chi connectivity index (χ3n) is 2.95. The molecule has 0 aromatic carbocycles. The minimum Gasteiger partial charge on any atom is -0.481 e. The van der Waals surface area contributed by atoms with E-state index >= 15 is 0 Å². The van der Waals surface area contributed by atoms with Crippen molar-refractivity contribution in [3.63, 3.8) is 0 Å². The lowest BCUT2D eigenvalue weighted by Crippen LogP contribution is -2.34. The zero-order valence-electron chi connectivity index (χ0n) is 11.4. The summed E-state index contributed by atoms with van der Waals surface area (Å²) < 4.78 is 1.77. The Balaban J connectivity index is 2.40. The van der Waals surface area contributed by atoms with Crippen LogP contribution < -0.4 is 4.90 Å². The molecule has 0 atom stereocenters. The van der Waals surface area contributed by atoms with Gasteiger partial charge in [0.2, 0.25) is 0 Å². The Hall–Kier alpha value is -2.11. The lowest BCUT2D eigenvalue weighted by molar-refractivity contribution is -0.136. The van der Waals surface area contributed by atoms with Crippen molar-refractivity contribution in [2.75, 3.05) is 11.4 Å². The van der Waals surface area contributed by atoms with Crippen LogP contribution >= 0.6 is 0 Å². The van der Waals surface area contributed by atoms with Gasteiger partial charge in [-0.05, 0) is 26.8 Å². The van der Waals surface area contributed by atoms with Gasteiger partial charge in [-0.25, -0.2) is 9.50 Å². The first-order valence-corrected chi connectivity index (χ1v) is 6.28. The molecule has 0 aliphatic heterocycles. The maximum atomic E-state index is 10.8. The van der Waals surface area contributed by atoms with Crippen molar-refractivity contribution in [1.29, 1.82) is 0 Å². The van der Waals surface area contributed by atoms with E-state index in [9.17, 15) is 4.79 Å². The summed E-state index contributed by atoms with van der Waals surface area (Å²) >= 11 is 0. The van der Waals surface area contributed by atoms with Crippen LogP contribution in [-0.4, -0.2) is 38.3 Å². The molecule has 0 fully saturated rings. The Morgan fingerprint density at radius 3 is 2.89 bits per heavy atom. The van der Waals surface area contributed by atoms with Gasteiger partial charge >= 0.3 is 5.97 Å². The van der Waals surface area contributed by atoms with Gasteiger partial charge in [0, 0.05) is 25.0 Å². The Bertz CT molecular complexity index is 591. The quantitative estimate of drug-likeness (QED) is 0.888. The van der Waals surface area contributed by atoms with E-state index in [1.165, 1.54) is 0 Å². The van der Waals surface area contributed by atoms with E-state index in [2.05, 4.69) is 10.1 Å². The first kappa shape index (κ1) is 13.3. The second-order valence-corrected chi connectivity index (χ2v) is 4.80. The summed E-state index contributed by atoms with van der Waals surface area (Å²) in [7, 11) is 0. The maximum Gasteiger partial charge on any atom is 0.305 e. The molecule has 0 amide bonds. The van der Waals surface area contributed by atoms with Crippen molar-refractivity contribution in [1.82, 2.24) is 14.6 Å². The van der Waals surface area contributed by atoms with E-state index in [0.717, 1.165) is 17.0 Å². The van der Waals surface area contributed by atoms with Crippen molar-refractivity contribution < 1.29 is 9.90 Å². The van der Waals surface area contributed by atoms with Crippen LogP contribution in [0.5, 0.6) is 0 Å². The van der Waals surface area contributed by atoms with Gasteiger partial charge in [-0.3, -0.25) is 4.79 Å². The molecule has 0 unspecified atom stereocenters. The van der Waals surface area contributed by atoms with Crippen LogP contribution in [0.1, 0.15) is 26.0 Å². The molecule has 2 aromatic rings. The second-order valence-electron chi connectivity index (χ2n) is 4.80. The van der Waals surface area contributed by atoms with Gasteiger partial charge in [-0.1, -0.05) is 0 Å². The number of aliphatic carboxylic acids is 1. The summed E-state index contributed by atoms with van der Waals surface area (Å²) in [5, 5.41) is 13.2. The third-order valence-corrected chi connectivity index (χ3v) is 2.95. The number of hydrogen-bond donors (Lipinski definition) is 1. The van der Waals surface area contributed by atoms with Gasteiger partial charge in [0.15, 0.2) is 5.82 Å². The highest BCUT2D eigenvalue weighted by Gasteiger charge is 2.17. The van der Waals surface area contributed by atoms with Gasteiger partial charge in [0.25, 0.3) is 0 Å². The number of fused-ring (bicyclic) bond motifs is 1. The molecular formula is C13H18N4O2. The van der Waals surface area contributed by atoms with Gasteiger partial charge in [-0.2, -0.15) is 5.10 Å². The van der Waals surface area contributed by atoms with Crippen LogP contribution in [-0.2, 0) is 4.79 Å². The van der Waals surface area contributed by atoms with E-state index in [1.807, 2.05) is 31.7 Å². The van der Waals surface area contributed by atoms with Crippen LogP contribution in [0.4, 0.5) is 5.82 Å². The minimum absolute atomic E-state index is 0.0913. The summed E-state index contributed by atoms with van der Waals surface area (Å²) in [4.78, 5) is 17.1. The van der Waals surface area contributed by atoms with Crippen molar-refractivity contribution in [2.24, 2.45) is 0 Å². The predicted molar refractivity (Wildman–Crippen MR) is 72.5 cm³/mol. The smallest absolute Gasteiger partial charge is 0.305 e. The highest BCUT2D eigenvalue weighted by atomic mass is 16.4. The SMILES string of the molecule is Cc1cc2c(N(CCC(=O)O)C(C)C)nccn2n1. The fraction of sp³-hybridized carbons (Fsp3) is 0.462. The summed E-state index contributed by atoms with van der Waals surface area (Å²) in [6.45, 7) is 6.41. The molecule has 2 rings (SSSR count). The molecule has 0 aliphatic rings. The Morgan fingerprint density at radius 1 is 1.53 bits per heavy atom. The predicted octanol–water partition coefficient (Wildman–Crippen LogP) is 1.73. The summed E-state index contributed by atoms with van der Waals surface area (Å²) in [6.07, 6.45) is 3.57. The van der Waals surface area contributed by atoms with Crippen LogP contribution in [0.25, 0.3) is 5.52 Å². The fourth-order valence-electron chi connectivity index (χ4n) is 2.08. The van der Waals surface area contributed by atoms with Gasteiger partial charge < -0.3 is 10.0 Å². The Kier molecular flexibility index (Phi) is 3.69. The average Bonchev–Trinajstić information content (AvgIpc) is 2.69. The van der Waals surface area contributed by atoms with Crippen LogP contribution in [0.15, 0.2) is 18.5 Å². The molecule has 0 radical (unpaired) electrons. The zero-order chi connectivity index (χ0) is 14.0. The molecule has 0 bridgehead atoms. The fourth-order valence-corrected chi connectivity index (χ4v) is 2.08. The van der Waals surface area contributed by atoms with Crippen molar-refractivity contribution in [3.05, 3.63) is 24.2 Å².